The number of amides is 3. The largest absolute Gasteiger partial charge is 0.522 e. The number of aromatic amines is 1. The number of nitrogens with zero attached hydrogens (tertiary/aromatic N) is 1. The summed E-state index contributed by atoms with van der Waals surface area (Å²) in [7, 11) is 1.53. The number of alkyl halides is 3. The van der Waals surface area contributed by atoms with Gasteiger partial charge < -0.3 is 25.3 Å². The van der Waals surface area contributed by atoms with Gasteiger partial charge in [-0.05, 0) is 55.7 Å². The van der Waals surface area contributed by atoms with Gasteiger partial charge in [0.05, 0.1) is 13.2 Å². The predicted molar refractivity (Wildman–Crippen MR) is 135 cm³/mol. The van der Waals surface area contributed by atoms with E-state index in [0.29, 0.717) is 42.6 Å². The Morgan fingerprint density at radius 1 is 1.20 bits per heavy atom. The summed E-state index contributed by atoms with van der Waals surface area (Å²) in [6, 6.07) is 4.73. The lowest BCUT2D eigenvalue weighted by Crippen LogP contribution is -2.54. The monoisotopic (exact) mass is 564 g/mol. The lowest BCUT2D eigenvalue weighted by Gasteiger charge is -2.29. The summed E-state index contributed by atoms with van der Waals surface area (Å²) in [6.07, 6.45) is -2.37. The van der Waals surface area contributed by atoms with Gasteiger partial charge >= 0.3 is 6.36 Å². The molecule has 3 heterocycles. The summed E-state index contributed by atoms with van der Waals surface area (Å²) < 4.78 is 47.0. The maximum absolute atomic E-state index is 13.7. The fraction of sp³-hybridized carbons (Fsp3) is 0.556. The Balaban J connectivity index is 1.38. The quantitative estimate of drug-likeness (QED) is 0.429. The molecule has 40 heavy (non-hydrogen) atoms. The zero-order valence-electron chi connectivity index (χ0n) is 21.9. The molecular weight excluding hydrogens is 533 g/mol. The van der Waals surface area contributed by atoms with Crippen LogP contribution in [0, 0.1) is 17.8 Å². The minimum Gasteiger partial charge on any atom is -0.496 e. The van der Waals surface area contributed by atoms with Gasteiger partial charge in [0, 0.05) is 29.9 Å². The Labute approximate surface area is 227 Å². The maximum Gasteiger partial charge on any atom is 0.522 e. The number of rotatable bonds is 9. The Morgan fingerprint density at radius 2 is 2.00 bits per heavy atom. The van der Waals surface area contributed by atoms with Gasteiger partial charge in [-0.2, -0.15) is 0 Å². The van der Waals surface area contributed by atoms with Gasteiger partial charge in [-0.3, -0.25) is 23.9 Å². The number of carbonyl (C=O) groups excluding carboxylic acids is 4. The second-order valence-corrected chi connectivity index (χ2v) is 10.6. The van der Waals surface area contributed by atoms with E-state index in [4.69, 9.17) is 4.74 Å². The molecule has 10 nitrogen and oxygen atoms in total. The first-order valence-corrected chi connectivity index (χ1v) is 13.3. The molecule has 2 aromatic rings. The van der Waals surface area contributed by atoms with Gasteiger partial charge in [-0.15, -0.1) is 13.2 Å². The number of hydrogen-bond donors (Lipinski definition) is 3. The van der Waals surface area contributed by atoms with E-state index >= 15 is 0 Å². The number of carbonyl (C=O) groups is 4. The first kappa shape index (κ1) is 27.9. The van der Waals surface area contributed by atoms with Crippen molar-refractivity contribution in [1.29, 1.82) is 0 Å². The summed E-state index contributed by atoms with van der Waals surface area (Å²) in [4.78, 5) is 57.0. The Morgan fingerprint density at radius 3 is 2.70 bits per heavy atom. The average Bonchev–Trinajstić information content (AvgIpc) is 3.69. The number of ether oxygens (including phenoxy) is 2. The normalized spacial score (nSPS) is 25.1. The number of nitrogens with one attached hydrogen (secondary N) is 3. The van der Waals surface area contributed by atoms with Crippen molar-refractivity contribution in [2.24, 2.45) is 17.8 Å². The fourth-order valence-electron chi connectivity index (χ4n) is 6.36. The van der Waals surface area contributed by atoms with E-state index in [2.05, 4.69) is 20.4 Å². The molecule has 0 bridgehead atoms. The second kappa shape index (κ2) is 11.1. The minimum absolute atomic E-state index is 0.0851. The minimum atomic E-state index is -5.02. The summed E-state index contributed by atoms with van der Waals surface area (Å²) >= 11 is 0. The molecule has 1 unspecified atom stereocenters. The lowest BCUT2D eigenvalue weighted by molar-refractivity contribution is -0.321. The topological polar surface area (TPSA) is 130 Å². The molecule has 5 atom stereocenters. The molecule has 3 aliphatic rings. The number of ketones is 1. The van der Waals surface area contributed by atoms with Gasteiger partial charge in [0.2, 0.25) is 11.8 Å². The second-order valence-electron chi connectivity index (χ2n) is 10.6. The van der Waals surface area contributed by atoms with Crippen LogP contribution in [-0.2, 0) is 19.1 Å². The number of benzene rings is 1. The van der Waals surface area contributed by atoms with Gasteiger partial charge in [-0.25, -0.2) is 0 Å². The number of Topliss-reactive ketones (excluding diaryl/α,β-unsaturated/α-hetero) is 1. The van der Waals surface area contributed by atoms with Crippen LogP contribution in [0.3, 0.4) is 0 Å². The van der Waals surface area contributed by atoms with Crippen molar-refractivity contribution < 1.29 is 41.8 Å². The number of halogens is 3. The van der Waals surface area contributed by atoms with Crippen LogP contribution >= 0.6 is 0 Å². The van der Waals surface area contributed by atoms with Crippen LogP contribution in [0.2, 0.25) is 0 Å². The standard InChI is InChI=1S/C27H31F3N4O6/c1-39-22-7-3-6-18-17(22)11-20(32-18)26(38)34-12-15-4-2-5-16(15)23(34)25(37)33-19(10-14-8-9-31-24(14)36)21(35)13-40-27(28,29)30/h3,6-7,11,14-16,19,23,32H,2,4-5,8-10,12-13H2,1H3,(H,31,36)(H,33,37)/t14?,15-,16-,19-,23-/m0/s1. The average molecular weight is 565 g/mol. The first-order valence-electron chi connectivity index (χ1n) is 13.3. The fourth-order valence-corrected chi connectivity index (χ4v) is 6.36. The molecular formula is C27H31F3N4O6. The summed E-state index contributed by atoms with van der Waals surface area (Å²) in [6.45, 7) is -0.574. The number of hydrogen-bond acceptors (Lipinski definition) is 6. The van der Waals surface area contributed by atoms with E-state index in [1.165, 1.54) is 12.0 Å². The first-order chi connectivity index (χ1) is 19.1. The maximum atomic E-state index is 13.7. The molecule has 13 heteroatoms. The molecule has 1 saturated carbocycles. The van der Waals surface area contributed by atoms with Gasteiger partial charge in [-0.1, -0.05) is 12.5 Å². The number of fused-ring (bicyclic) bond motifs is 2. The van der Waals surface area contributed by atoms with Crippen LogP contribution < -0.4 is 15.4 Å². The van der Waals surface area contributed by atoms with Crippen molar-refractivity contribution in [2.45, 2.75) is 50.6 Å². The van der Waals surface area contributed by atoms with Crippen LogP contribution in [0.15, 0.2) is 24.3 Å². The van der Waals surface area contributed by atoms with Crippen molar-refractivity contribution in [1.82, 2.24) is 20.5 Å². The molecule has 2 aliphatic heterocycles. The van der Waals surface area contributed by atoms with Crippen molar-refractivity contribution in [3.63, 3.8) is 0 Å². The molecule has 2 saturated heterocycles. The molecule has 3 fully saturated rings. The highest BCUT2D eigenvalue weighted by molar-refractivity contribution is 6.02. The van der Waals surface area contributed by atoms with Crippen molar-refractivity contribution in [3.05, 3.63) is 30.0 Å². The van der Waals surface area contributed by atoms with Gasteiger partial charge in [0.1, 0.15) is 24.1 Å². The number of methoxy groups -OCH3 is 1. The Bertz CT molecular complexity index is 1310. The molecule has 216 valence electrons. The third kappa shape index (κ3) is 5.65. The molecule has 3 N–H and O–H groups in total. The highest BCUT2D eigenvalue weighted by Crippen LogP contribution is 2.43. The molecule has 1 aromatic heterocycles. The number of aromatic nitrogens is 1. The van der Waals surface area contributed by atoms with Crippen LogP contribution in [0.25, 0.3) is 10.9 Å². The smallest absolute Gasteiger partial charge is 0.496 e. The molecule has 1 aliphatic carbocycles. The van der Waals surface area contributed by atoms with Crippen LogP contribution in [0.4, 0.5) is 13.2 Å². The highest BCUT2D eigenvalue weighted by atomic mass is 19.4. The van der Waals surface area contributed by atoms with Crippen LogP contribution in [-0.4, -0.2) is 78.6 Å². The van der Waals surface area contributed by atoms with Crippen molar-refractivity contribution in [3.8, 4) is 5.75 Å². The molecule has 5 rings (SSSR count). The van der Waals surface area contributed by atoms with Crippen LogP contribution in [0.1, 0.15) is 42.6 Å². The predicted octanol–water partition coefficient (Wildman–Crippen LogP) is 2.53. The van der Waals surface area contributed by atoms with Gasteiger partial charge in [0.25, 0.3) is 5.91 Å². The zero-order valence-corrected chi connectivity index (χ0v) is 21.9. The van der Waals surface area contributed by atoms with Gasteiger partial charge in [0.15, 0.2) is 5.78 Å². The summed E-state index contributed by atoms with van der Waals surface area (Å²) in [5.74, 6) is -2.47. The summed E-state index contributed by atoms with van der Waals surface area (Å²) in [5, 5.41) is 5.93. The van der Waals surface area contributed by atoms with Crippen molar-refractivity contribution in [2.75, 3.05) is 26.8 Å². The zero-order chi connectivity index (χ0) is 28.6. The van der Waals surface area contributed by atoms with Crippen LogP contribution in [0.5, 0.6) is 5.75 Å². The van der Waals surface area contributed by atoms with E-state index in [1.807, 2.05) is 0 Å². The third-order valence-electron chi connectivity index (χ3n) is 8.26. The van der Waals surface area contributed by atoms with E-state index in [0.717, 1.165) is 12.8 Å². The lowest BCUT2D eigenvalue weighted by atomic mass is 9.92. The number of likely N-dealkylation sites (tertiary alicyclic amines) is 1. The third-order valence-corrected chi connectivity index (χ3v) is 8.26. The Kier molecular flexibility index (Phi) is 7.76. The Hall–Kier alpha value is -3.61. The molecule has 3 amide bonds. The SMILES string of the molecule is COc1cccc2[nH]c(C(=O)N3C[C@@H]4CCC[C@@H]4[C@H]3C(=O)N[C@@H](CC3CCNC3=O)C(=O)COC(F)(F)F)cc12. The molecule has 1 aromatic carbocycles. The van der Waals surface area contributed by atoms with E-state index < -0.39 is 48.6 Å². The summed E-state index contributed by atoms with van der Waals surface area (Å²) in [5.41, 5.74) is 0.958. The van der Waals surface area contributed by atoms with Crippen molar-refractivity contribution >= 4 is 34.4 Å². The number of H-pyrrole nitrogens is 1. The molecule has 0 spiro atoms. The van der Waals surface area contributed by atoms with E-state index in [-0.39, 0.29) is 29.9 Å². The van der Waals surface area contributed by atoms with E-state index in [9.17, 15) is 32.3 Å². The highest BCUT2D eigenvalue weighted by Gasteiger charge is 2.50. The van der Waals surface area contributed by atoms with E-state index in [1.54, 1.807) is 24.3 Å². The molecule has 0 radical (unpaired) electrons.